The van der Waals surface area contributed by atoms with Crippen molar-refractivity contribution in [2.24, 2.45) is 0 Å². The van der Waals surface area contributed by atoms with Gasteiger partial charge in [-0.05, 0) is 43.7 Å². The second-order valence-corrected chi connectivity index (χ2v) is 6.67. The molecule has 1 aromatic rings. The molecule has 0 aliphatic rings. The van der Waals surface area contributed by atoms with E-state index in [9.17, 15) is 14.4 Å². The van der Waals surface area contributed by atoms with Crippen molar-refractivity contribution >= 4 is 41.3 Å². The van der Waals surface area contributed by atoms with Crippen molar-refractivity contribution in [3.63, 3.8) is 0 Å². The number of esters is 1. The number of carbonyl (C=O) groups is 3. The number of rotatable bonds is 10. The van der Waals surface area contributed by atoms with Crippen LogP contribution < -0.4 is 10.6 Å². The Hall–Kier alpha value is -1.74. The van der Waals surface area contributed by atoms with Crippen molar-refractivity contribution in [3.8, 4) is 0 Å². The van der Waals surface area contributed by atoms with Gasteiger partial charge in [-0.2, -0.15) is 11.8 Å². The van der Waals surface area contributed by atoms with Gasteiger partial charge in [0.15, 0.2) is 0 Å². The summed E-state index contributed by atoms with van der Waals surface area (Å²) in [5.74, 6) is -0.595. The van der Waals surface area contributed by atoms with Crippen molar-refractivity contribution in [1.29, 1.82) is 0 Å². The van der Waals surface area contributed by atoms with E-state index in [1.165, 1.54) is 11.8 Å². The minimum atomic E-state index is -0.732. The quantitative estimate of drug-likeness (QED) is 0.463. The molecule has 0 saturated heterocycles. The van der Waals surface area contributed by atoms with E-state index in [0.29, 0.717) is 22.8 Å². The summed E-state index contributed by atoms with van der Waals surface area (Å²) < 4.78 is 4.78. The summed E-state index contributed by atoms with van der Waals surface area (Å²) in [6.45, 7) is 1.72. The largest absolute Gasteiger partial charge is 0.465 e. The molecule has 0 aliphatic heterocycles. The minimum absolute atomic E-state index is 0.221. The zero-order valence-electron chi connectivity index (χ0n) is 14.5. The highest BCUT2D eigenvalue weighted by Gasteiger charge is 2.23. The van der Waals surface area contributed by atoms with Gasteiger partial charge in [-0.25, -0.2) is 4.98 Å². The summed E-state index contributed by atoms with van der Waals surface area (Å²) in [7, 11) is 0. The molecule has 25 heavy (non-hydrogen) atoms. The first-order valence-corrected chi connectivity index (χ1v) is 10.4. The van der Waals surface area contributed by atoms with Gasteiger partial charge in [0, 0.05) is 6.20 Å². The van der Waals surface area contributed by atoms with Crippen LogP contribution in [0.15, 0.2) is 23.4 Å². The van der Waals surface area contributed by atoms with Gasteiger partial charge >= 0.3 is 5.97 Å². The van der Waals surface area contributed by atoms with E-state index in [1.54, 1.807) is 37.0 Å². The Balaban J connectivity index is 2.75. The lowest BCUT2D eigenvalue weighted by atomic mass is 10.2. The average molecular weight is 386 g/mol. The van der Waals surface area contributed by atoms with Crippen LogP contribution in [-0.4, -0.2) is 60.2 Å². The van der Waals surface area contributed by atoms with Gasteiger partial charge < -0.3 is 15.4 Å². The zero-order chi connectivity index (χ0) is 18.7. The Bertz CT molecular complexity index is 598. The molecule has 0 radical (unpaired) electrons. The highest BCUT2D eigenvalue weighted by molar-refractivity contribution is 7.98. The Labute approximate surface area is 156 Å². The Morgan fingerprint density at radius 3 is 2.72 bits per heavy atom. The van der Waals surface area contributed by atoms with Crippen LogP contribution in [0.1, 0.15) is 23.7 Å². The second kappa shape index (κ2) is 11.8. The number of ether oxygens (including phenoxy) is 1. The molecule has 1 rings (SSSR count). The van der Waals surface area contributed by atoms with Crippen molar-refractivity contribution in [1.82, 2.24) is 15.6 Å². The molecule has 138 valence electrons. The molecule has 2 amide bonds. The number of carbonyl (C=O) groups excluding carboxylic acids is 3. The third-order valence-electron chi connectivity index (χ3n) is 3.15. The first-order valence-electron chi connectivity index (χ1n) is 7.75. The molecular weight excluding hydrogens is 362 g/mol. The summed E-state index contributed by atoms with van der Waals surface area (Å²) in [4.78, 5) is 40.3. The lowest BCUT2D eigenvalue weighted by Crippen LogP contribution is -2.48. The maximum atomic E-state index is 12.5. The van der Waals surface area contributed by atoms with Crippen molar-refractivity contribution in [2.45, 2.75) is 24.4 Å². The molecule has 1 heterocycles. The Morgan fingerprint density at radius 2 is 2.08 bits per heavy atom. The van der Waals surface area contributed by atoms with Crippen molar-refractivity contribution in [3.05, 3.63) is 23.9 Å². The van der Waals surface area contributed by atoms with Crippen LogP contribution in [0.5, 0.6) is 0 Å². The fraction of sp³-hybridized carbons (Fsp3) is 0.500. The van der Waals surface area contributed by atoms with Crippen molar-refractivity contribution < 1.29 is 19.1 Å². The predicted molar refractivity (Wildman–Crippen MR) is 99.9 cm³/mol. The second-order valence-electron chi connectivity index (χ2n) is 4.89. The van der Waals surface area contributed by atoms with Crippen LogP contribution in [-0.2, 0) is 14.3 Å². The molecule has 0 unspecified atom stereocenters. The van der Waals surface area contributed by atoms with Crippen LogP contribution in [0, 0.1) is 0 Å². The summed E-state index contributed by atoms with van der Waals surface area (Å²) in [6.07, 6.45) is 5.81. The first kappa shape index (κ1) is 21.3. The normalized spacial score (nSPS) is 11.5. The lowest BCUT2D eigenvalue weighted by Gasteiger charge is -2.18. The van der Waals surface area contributed by atoms with E-state index in [2.05, 4.69) is 15.6 Å². The predicted octanol–water partition coefficient (Wildman–Crippen LogP) is 1.33. The van der Waals surface area contributed by atoms with Crippen LogP contribution >= 0.6 is 23.5 Å². The number of nitrogens with zero attached hydrogens (tertiary/aromatic N) is 1. The standard InChI is InChI=1S/C16H23N3O4S2/c1-4-23-13(20)10-18-15(22)12(7-9-24-2)19-14(21)11-6-5-8-17-16(11)25-3/h5-6,8,12H,4,7,9-10H2,1-3H3,(H,18,22)(H,19,21)/t12-/m0/s1. The van der Waals surface area contributed by atoms with E-state index in [-0.39, 0.29) is 19.1 Å². The molecule has 0 spiro atoms. The molecule has 0 bridgehead atoms. The topological polar surface area (TPSA) is 97.4 Å². The fourth-order valence-corrected chi connectivity index (χ4v) is 2.98. The maximum absolute atomic E-state index is 12.5. The molecule has 9 heteroatoms. The highest BCUT2D eigenvalue weighted by Crippen LogP contribution is 2.17. The fourth-order valence-electron chi connectivity index (χ4n) is 1.96. The third kappa shape index (κ3) is 7.35. The molecule has 1 atom stereocenters. The number of nitrogens with one attached hydrogen (secondary N) is 2. The molecule has 7 nitrogen and oxygen atoms in total. The van der Waals surface area contributed by atoms with Gasteiger partial charge in [0.1, 0.15) is 17.6 Å². The van der Waals surface area contributed by atoms with Gasteiger partial charge in [0.05, 0.1) is 12.2 Å². The van der Waals surface area contributed by atoms with Crippen molar-refractivity contribution in [2.75, 3.05) is 31.4 Å². The number of pyridine rings is 1. The van der Waals surface area contributed by atoms with Gasteiger partial charge in [0.2, 0.25) is 5.91 Å². The Kier molecular flexibility index (Phi) is 10.0. The van der Waals surface area contributed by atoms with Gasteiger partial charge in [-0.15, -0.1) is 11.8 Å². The molecule has 2 N–H and O–H groups in total. The molecule has 0 saturated carbocycles. The van der Waals surface area contributed by atoms with Crippen LogP contribution in [0.4, 0.5) is 0 Å². The monoisotopic (exact) mass is 385 g/mol. The number of hydrogen-bond acceptors (Lipinski definition) is 7. The van der Waals surface area contributed by atoms with E-state index in [0.717, 1.165) is 0 Å². The van der Waals surface area contributed by atoms with E-state index < -0.39 is 17.9 Å². The van der Waals surface area contributed by atoms with Gasteiger partial charge in [-0.3, -0.25) is 14.4 Å². The minimum Gasteiger partial charge on any atom is -0.465 e. The van der Waals surface area contributed by atoms with E-state index in [1.807, 2.05) is 12.5 Å². The molecule has 0 fully saturated rings. The van der Waals surface area contributed by atoms with E-state index >= 15 is 0 Å². The summed E-state index contributed by atoms with van der Waals surface area (Å²) in [6, 6.07) is 2.60. The first-order chi connectivity index (χ1) is 12.0. The maximum Gasteiger partial charge on any atom is 0.325 e. The number of aromatic nitrogens is 1. The van der Waals surface area contributed by atoms with Crippen LogP contribution in [0.2, 0.25) is 0 Å². The zero-order valence-corrected chi connectivity index (χ0v) is 16.2. The Morgan fingerprint density at radius 1 is 1.32 bits per heavy atom. The third-order valence-corrected chi connectivity index (χ3v) is 4.51. The highest BCUT2D eigenvalue weighted by atomic mass is 32.2. The molecule has 0 aromatic carbocycles. The van der Waals surface area contributed by atoms with Crippen LogP contribution in [0.25, 0.3) is 0 Å². The van der Waals surface area contributed by atoms with Gasteiger partial charge in [0.25, 0.3) is 5.91 Å². The van der Waals surface area contributed by atoms with E-state index in [4.69, 9.17) is 4.74 Å². The number of amides is 2. The van der Waals surface area contributed by atoms with Gasteiger partial charge in [-0.1, -0.05) is 0 Å². The summed E-state index contributed by atoms with van der Waals surface area (Å²) in [5, 5.41) is 5.83. The number of thioether (sulfide) groups is 2. The molecular formula is C16H23N3O4S2. The summed E-state index contributed by atoms with van der Waals surface area (Å²) >= 11 is 2.93. The SMILES string of the molecule is CCOC(=O)CNC(=O)[C@H](CCSC)NC(=O)c1cccnc1SC. The summed E-state index contributed by atoms with van der Waals surface area (Å²) in [5.41, 5.74) is 0.419. The average Bonchev–Trinajstić information content (AvgIpc) is 2.63. The molecule has 0 aliphatic carbocycles. The molecule has 1 aromatic heterocycles. The van der Waals surface area contributed by atoms with Crippen LogP contribution in [0.3, 0.4) is 0 Å². The number of hydrogen-bond donors (Lipinski definition) is 2. The smallest absolute Gasteiger partial charge is 0.325 e. The lowest BCUT2D eigenvalue weighted by molar-refractivity contribution is -0.143.